The minimum Gasteiger partial charge on any atom is -0.398 e. The van der Waals surface area contributed by atoms with Gasteiger partial charge in [-0.2, -0.15) is 0 Å². The lowest BCUT2D eigenvalue weighted by Gasteiger charge is -2.44. The summed E-state index contributed by atoms with van der Waals surface area (Å²) in [5.74, 6) is -1.53. The lowest BCUT2D eigenvalue weighted by molar-refractivity contribution is -0.147. The van der Waals surface area contributed by atoms with Crippen molar-refractivity contribution in [1.29, 1.82) is 0 Å². The highest BCUT2D eigenvalue weighted by Crippen LogP contribution is 2.37. The van der Waals surface area contributed by atoms with Crippen LogP contribution in [0, 0.1) is 0 Å². The van der Waals surface area contributed by atoms with Crippen LogP contribution in [0.5, 0.6) is 0 Å². The van der Waals surface area contributed by atoms with E-state index in [0.29, 0.717) is 45.1 Å². The van der Waals surface area contributed by atoms with Crippen LogP contribution in [-0.4, -0.2) is 78.9 Å². The highest BCUT2D eigenvalue weighted by atomic mass is 28.4. The quantitative estimate of drug-likeness (QED) is 0.149. The minimum atomic E-state index is -2.91. The molecule has 3 aromatic rings. The summed E-state index contributed by atoms with van der Waals surface area (Å²) in [6.45, 7) is 12.3. The number of amides is 4. The summed E-state index contributed by atoms with van der Waals surface area (Å²) in [5, 5.41) is 10.8. The van der Waals surface area contributed by atoms with E-state index in [4.69, 9.17) is 4.43 Å². The first-order chi connectivity index (χ1) is 27.2. The number of carbonyl (C=O) groups is 5. The molecule has 4 amide bonds. The molecule has 10 nitrogen and oxygen atoms in total. The first-order valence-electron chi connectivity index (χ1n) is 20.8. The molecule has 0 bridgehead atoms. The molecule has 0 aromatic heterocycles. The monoisotopic (exact) mass is 794 g/mol. The Morgan fingerprint density at radius 1 is 0.825 bits per heavy atom. The third-order valence-electron chi connectivity index (χ3n) is 11.9. The standard InChI is InChI=1S/C46H62N4O6Si/c1-7-46(6)44(55)48-38(32-34-22-12-8-13-23-34)43(54)50-31-21-20-29-39(50)42(53)47-37(41(52)49-46)28-18-11-19-30-40(51)33(2)56-57(45(3,4)5,35-24-14-9-15-25-35)36-26-16-10-17-27-36/h8-10,12-17,22-27,33,37-39H,7,11,18-21,28-32H2,1-6H3,(H,47,53)(H,48,55)(H,49,52)/t33-,37-,38-,39+,46-/m0/s1. The smallest absolute Gasteiger partial charge is 0.262 e. The van der Waals surface area contributed by atoms with E-state index < -0.39 is 49.9 Å². The van der Waals surface area contributed by atoms with Gasteiger partial charge in [-0.05, 0) is 73.3 Å². The van der Waals surface area contributed by atoms with Crippen molar-refractivity contribution in [2.24, 2.45) is 0 Å². The van der Waals surface area contributed by atoms with Crippen molar-refractivity contribution >= 4 is 48.1 Å². The van der Waals surface area contributed by atoms with Gasteiger partial charge >= 0.3 is 0 Å². The van der Waals surface area contributed by atoms with Gasteiger partial charge in [0, 0.05) is 19.4 Å². The molecule has 3 N–H and O–H groups in total. The molecule has 0 aliphatic carbocycles. The Balaban J connectivity index is 1.26. The second-order valence-electron chi connectivity index (χ2n) is 17.0. The van der Waals surface area contributed by atoms with Crippen LogP contribution in [0.4, 0.5) is 0 Å². The van der Waals surface area contributed by atoms with Gasteiger partial charge in [0.2, 0.25) is 23.6 Å². The van der Waals surface area contributed by atoms with Crippen molar-refractivity contribution in [3.63, 3.8) is 0 Å². The average Bonchev–Trinajstić information content (AvgIpc) is 3.21. The van der Waals surface area contributed by atoms with Gasteiger partial charge in [0.15, 0.2) is 5.78 Å². The Kier molecular flexibility index (Phi) is 14.7. The number of benzene rings is 3. The maximum atomic E-state index is 14.2. The predicted octanol–water partition coefficient (Wildman–Crippen LogP) is 5.36. The summed E-state index contributed by atoms with van der Waals surface area (Å²) < 4.78 is 7.04. The lowest BCUT2D eigenvalue weighted by atomic mass is 9.93. The maximum absolute atomic E-state index is 14.2. The number of hydrogen-bond donors (Lipinski definition) is 3. The number of unbranched alkanes of at least 4 members (excludes halogenated alkanes) is 2. The van der Waals surface area contributed by atoms with E-state index in [-0.39, 0.29) is 35.5 Å². The van der Waals surface area contributed by atoms with Gasteiger partial charge in [-0.15, -0.1) is 0 Å². The molecule has 0 spiro atoms. The molecule has 5 rings (SSSR count). The Morgan fingerprint density at radius 3 is 2.00 bits per heavy atom. The molecular formula is C46H62N4O6Si. The minimum absolute atomic E-state index is 0.0254. The van der Waals surface area contributed by atoms with Gasteiger partial charge in [-0.1, -0.05) is 132 Å². The second kappa shape index (κ2) is 19.2. The molecule has 306 valence electrons. The maximum Gasteiger partial charge on any atom is 0.262 e. The largest absolute Gasteiger partial charge is 0.398 e. The van der Waals surface area contributed by atoms with Gasteiger partial charge < -0.3 is 25.3 Å². The van der Waals surface area contributed by atoms with E-state index in [9.17, 15) is 24.0 Å². The number of piperidine rings is 1. The van der Waals surface area contributed by atoms with E-state index >= 15 is 0 Å². The Bertz CT molecular complexity index is 1800. The van der Waals surface area contributed by atoms with E-state index in [2.05, 4.69) is 61.0 Å². The SMILES string of the molecule is CC[C@]1(C)NC(=O)[C@H](CCCCCC(=O)[C@H](C)O[Si](c2ccccc2)(c2ccccc2)C(C)(C)C)NC(=O)[C@H]2CCCCN2C(=O)[C@H](Cc2ccccc2)NC1=O. The molecule has 57 heavy (non-hydrogen) atoms. The molecule has 2 saturated heterocycles. The number of fused-ring (bicyclic) bond motifs is 1. The van der Waals surface area contributed by atoms with Crippen LogP contribution >= 0.6 is 0 Å². The predicted molar refractivity (Wildman–Crippen MR) is 226 cm³/mol. The second-order valence-corrected chi connectivity index (χ2v) is 21.2. The fourth-order valence-corrected chi connectivity index (χ4v) is 13.0. The summed E-state index contributed by atoms with van der Waals surface area (Å²) >= 11 is 0. The zero-order valence-electron chi connectivity index (χ0n) is 34.6. The van der Waals surface area contributed by atoms with E-state index in [0.717, 1.165) is 28.8 Å². The van der Waals surface area contributed by atoms with E-state index in [1.807, 2.05) is 80.6 Å². The molecular weight excluding hydrogens is 733 g/mol. The first kappa shape index (κ1) is 43.5. The van der Waals surface area contributed by atoms with Gasteiger partial charge in [-0.3, -0.25) is 24.0 Å². The van der Waals surface area contributed by atoms with Crippen molar-refractivity contribution in [2.45, 2.75) is 141 Å². The van der Waals surface area contributed by atoms with Gasteiger partial charge in [0.25, 0.3) is 8.32 Å². The molecule has 2 heterocycles. The zero-order chi connectivity index (χ0) is 41.2. The van der Waals surface area contributed by atoms with Crippen LogP contribution in [0.1, 0.15) is 105 Å². The topological polar surface area (TPSA) is 134 Å². The molecule has 0 saturated carbocycles. The van der Waals surface area contributed by atoms with Crippen LogP contribution in [-0.2, 0) is 34.8 Å². The zero-order valence-corrected chi connectivity index (χ0v) is 35.6. The summed E-state index contributed by atoms with van der Waals surface area (Å²) in [5.41, 5.74) is -0.435. The first-order valence-corrected chi connectivity index (χ1v) is 22.7. The van der Waals surface area contributed by atoms with Crippen LogP contribution in [0.2, 0.25) is 5.04 Å². The third-order valence-corrected chi connectivity index (χ3v) is 17.0. The number of carbonyl (C=O) groups excluding carboxylic acids is 5. The lowest BCUT2D eigenvalue weighted by Crippen LogP contribution is -2.68. The number of rotatable bonds is 14. The fraction of sp³-hybridized carbons (Fsp3) is 0.500. The molecule has 0 unspecified atom stereocenters. The van der Waals surface area contributed by atoms with Crippen LogP contribution < -0.4 is 26.3 Å². The van der Waals surface area contributed by atoms with Crippen LogP contribution in [0.15, 0.2) is 91.0 Å². The van der Waals surface area contributed by atoms with Crippen molar-refractivity contribution in [3.05, 3.63) is 96.6 Å². The summed E-state index contributed by atoms with van der Waals surface area (Å²) in [4.78, 5) is 71.3. The van der Waals surface area contributed by atoms with Crippen LogP contribution in [0.25, 0.3) is 0 Å². The summed E-state index contributed by atoms with van der Waals surface area (Å²) in [6, 6.07) is 27.5. The van der Waals surface area contributed by atoms with Gasteiger partial charge in [0.1, 0.15) is 29.8 Å². The highest BCUT2D eigenvalue weighted by Gasteiger charge is 2.51. The Labute approximate surface area is 340 Å². The number of hydrogen-bond acceptors (Lipinski definition) is 6. The highest BCUT2D eigenvalue weighted by molar-refractivity contribution is 6.99. The molecule has 2 fully saturated rings. The van der Waals surface area contributed by atoms with E-state index in [1.54, 1.807) is 11.8 Å². The van der Waals surface area contributed by atoms with Gasteiger partial charge in [0.05, 0.1) is 0 Å². The summed E-state index contributed by atoms with van der Waals surface area (Å²) in [6.07, 6.45) is 4.36. The van der Waals surface area contributed by atoms with Gasteiger partial charge in [-0.25, -0.2) is 0 Å². The number of ketones is 1. The summed E-state index contributed by atoms with van der Waals surface area (Å²) in [7, 11) is -2.91. The fourth-order valence-electron chi connectivity index (χ4n) is 8.29. The molecule has 3 aromatic carbocycles. The van der Waals surface area contributed by atoms with Crippen molar-refractivity contribution < 1.29 is 28.4 Å². The normalized spacial score (nSPS) is 22.9. The molecule has 5 atom stereocenters. The number of Topliss-reactive ketones (excluding diaryl/α,β-unsaturated/α-hetero) is 1. The van der Waals surface area contributed by atoms with Crippen LogP contribution in [0.3, 0.4) is 0 Å². The third kappa shape index (κ3) is 10.3. The number of nitrogens with zero attached hydrogens (tertiary/aromatic N) is 1. The molecule has 2 aliphatic rings. The van der Waals surface area contributed by atoms with Crippen molar-refractivity contribution in [1.82, 2.24) is 20.9 Å². The number of nitrogens with one attached hydrogen (secondary N) is 3. The average molecular weight is 795 g/mol. The Morgan fingerprint density at radius 2 is 1.42 bits per heavy atom. The van der Waals surface area contributed by atoms with E-state index in [1.165, 1.54) is 0 Å². The van der Waals surface area contributed by atoms with Crippen molar-refractivity contribution in [3.8, 4) is 0 Å². The molecule has 11 heteroatoms. The molecule has 0 radical (unpaired) electrons. The molecule has 2 aliphatic heterocycles. The Hall–Kier alpha value is -4.61. The van der Waals surface area contributed by atoms with Crippen molar-refractivity contribution in [2.75, 3.05) is 6.54 Å².